The number of rotatable bonds is 7. The van der Waals surface area contributed by atoms with Gasteiger partial charge in [-0.15, -0.1) is 21.5 Å². The molecule has 0 saturated carbocycles. The third-order valence-electron chi connectivity index (χ3n) is 4.83. The number of carbonyl (C=O) groups is 2. The Bertz CT molecular complexity index is 1150. The molecule has 0 unspecified atom stereocenters. The highest BCUT2D eigenvalue weighted by Crippen LogP contribution is 2.39. The topological polar surface area (TPSA) is 130 Å². The number of hydrogen-bond acceptors (Lipinski definition) is 9. The molecule has 0 radical (unpaired) electrons. The zero-order valence-electron chi connectivity index (χ0n) is 17.5. The summed E-state index contributed by atoms with van der Waals surface area (Å²) in [5.74, 6) is 5.91. The van der Waals surface area contributed by atoms with E-state index in [0.29, 0.717) is 21.7 Å². The Morgan fingerprint density at radius 3 is 2.84 bits per heavy atom. The number of amides is 1. The van der Waals surface area contributed by atoms with Gasteiger partial charge in [-0.2, -0.15) is 5.10 Å². The van der Waals surface area contributed by atoms with Gasteiger partial charge in [0.15, 0.2) is 0 Å². The molecular weight excluding hydrogens is 438 g/mol. The number of nitrogen functional groups attached to an aromatic ring is 1. The van der Waals surface area contributed by atoms with Crippen LogP contribution in [-0.4, -0.2) is 48.9 Å². The van der Waals surface area contributed by atoms with Gasteiger partial charge in [0.2, 0.25) is 11.1 Å². The lowest BCUT2D eigenvalue weighted by Gasteiger charge is -2.08. The number of thiophene rings is 1. The second-order valence-electron chi connectivity index (χ2n) is 7.11. The van der Waals surface area contributed by atoms with E-state index in [-0.39, 0.29) is 24.2 Å². The number of nitrogens with zero attached hydrogens (tertiary/aromatic N) is 5. The predicted molar refractivity (Wildman–Crippen MR) is 118 cm³/mol. The molecule has 0 saturated heterocycles. The number of hydrogen-bond donors (Lipinski definition) is 2. The van der Waals surface area contributed by atoms with E-state index in [1.807, 2.05) is 19.9 Å². The summed E-state index contributed by atoms with van der Waals surface area (Å²) in [6.07, 6.45) is 2.76. The summed E-state index contributed by atoms with van der Waals surface area (Å²) in [7, 11) is 0. The number of thioether (sulfide) groups is 1. The Kier molecular flexibility index (Phi) is 6.01. The Balaban J connectivity index is 1.45. The van der Waals surface area contributed by atoms with Crippen LogP contribution in [0.2, 0.25) is 0 Å². The fraction of sp³-hybridized carbons (Fsp3) is 0.421. The monoisotopic (exact) mass is 461 g/mol. The summed E-state index contributed by atoms with van der Waals surface area (Å²) >= 11 is 2.61. The summed E-state index contributed by atoms with van der Waals surface area (Å²) in [5, 5.41) is 16.3. The minimum atomic E-state index is -0.388. The van der Waals surface area contributed by atoms with Crippen molar-refractivity contribution in [3.8, 4) is 5.95 Å². The van der Waals surface area contributed by atoms with Gasteiger partial charge in [-0.05, 0) is 51.7 Å². The molecule has 1 aliphatic rings. The number of carbonyl (C=O) groups excluding carboxylic acids is 2. The molecule has 0 aliphatic heterocycles. The van der Waals surface area contributed by atoms with Gasteiger partial charge < -0.3 is 15.9 Å². The molecular formula is C19H23N7O3S2. The smallest absolute Gasteiger partial charge is 0.341 e. The number of ether oxygens (including phenoxy) is 1. The first-order valence-electron chi connectivity index (χ1n) is 9.87. The van der Waals surface area contributed by atoms with Crippen LogP contribution in [0.15, 0.2) is 11.2 Å². The fourth-order valence-corrected chi connectivity index (χ4v) is 5.49. The number of esters is 1. The van der Waals surface area contributed by atoms with Gasteiger partial charge in [-0.1, -0.05) is 11.8 Å². The first-order chi connectivity index (χ1) is 14.9. The van der Waals surface area contributed by atoms with Crippen LogP contribution < -0.4 is 11.2 Å². The van der Waals surface area contributed by atoms with Crippen LogP contribution in [0, 0.1) is 13.8 Å². The van der Waals surface area contributed by atoms with Crippen LogP contribution in [0.1, 0.15) is 45.5 Å². The van der Waals surface area contributed by atoms with Crippen molar-refractivity contribution in [3.63, 3.8) is 0 Å². The van der Waals surface area contributed by atoms with Gasteiger partial charge in [-0.3, -0.25) is 4.79 Å². The maximum Gasteiger partial charge on any atom is 0.341 e. The van der Waals surface area contributed by atoms with Crippen molar-refractivity contribution in [2.45, 2.75) is 45.2 Å². The number of fused-ring (bicyclic) bond motifs is 1. The van der Waals surface area contributed by atoms with Gasteiger partial charge in [-0.25, -0.2) is 14.2 Å². The maximum absolute atomic E-state index is 12.6. The van der Waals surface area contributed by atoms with Crippen molar-refractivity contribution in [2.24, 2.45) is 0 Å². The normalized spacial score (nSPS) is 12.7. The number of nitrogens with two attached hydrogens (primary N) is 1. The first-order valence-corrected chi connectivity index (χ1v) is 11.7. The van der Waals surface area contributed by atoms with Gasteiger partial charge >= 0.3 is 5.97 Å². The van der Waals surface area contributed by atoms with Crippen LogP contribution in [0.4, 0.5) is 5.00 Å². The van der Waals surface area contributed by atoms with E-state index in [0.717, 1.165) is 52.9 Å². The Morgan fingerprint density at radius 2 is 2.13 bits per heavy atom. The van der Waals surface area contributed by atoms with Crippen LogP contribution >= 0.6 is 23.1 Å². The van der Waals surface area contributed by atoms with Crippen LogP contribution in [0.5, 0.6) is 0 Å². The molecule has 31 heavy (non-hydrogen) atoms. The average Bonchev–Trinajstić information content (AvgIpc) is 3.45. The summed E-state index contributed by atoms with van der Waals surface area (Å²) in [5.41, 5.74) is 3.21. The standard InChI is InChI=1S/C19H23N7O3S2/c1-4-29-17(28)15-12-6-5-7-13(12)31-16(15)21-14(27)9-30-19-23-22-18(25(19)20)26-11(3)8-10(2)24-26/h8H,4-7,9,20H2,1-3H3,(H,21,27). The molecule has 0 aromatic carbocycles. The van der Waals surface area contributed by atoms with Gasteiger partial charge in [0, 0.05) is 10.6 Å². The highest BCUT2D eigenvalue weighted by molar-refractivity contribution is 7.99. The summed E-state index contributed by atoms with van der Waals surface area (Å²) in [6.45, 7) is 5.83. The van der Waals surface area contributed by atoms with Crippen molar-refractivity contribution in [3.05, 3.63) is 33.5 Å². The summed E-state index contributed by atoms with van der Waals surface area (Å²) < 4.78 is 8.11. The molecule has 3 N–H and O–H groups in total. The number of aromatic nitrogens is 5. The van der Waals surface area contributed by atoms with E-state index in [1.165, 1.54) is 16.0 Å². The van der Waals surface area contributed by atoms with Crippen LogP contribution in [-0.2, 0) is 22.4 Å². The predicted octanol–water partition coefficient (Wildman–Crippen LogP) is 2.25. The van der Waals surface area contributed by atoms with Crippen molar-refractivity contribution < 1.29 is 14.3 Å². The second kappa shape index (κ2) is 8.71. The third-order valence-corrected chi connectivity index (χ3v) is 6.98. The molecule has 164 valence electrons. The average molecular weight is 462 g/mol. The zero-order valence-corrected chi connectivity index (χ0v) is 19.1. The molecule has 10 nitrogen and oxygen atoms in total. The third kappa shape index (κ3) is 4.17. The Morgan fingerprint density at radius 1 is 1.32 bits per heavy atom. The lowest BCUT2D eigenvalue weighted by Crippen LogP contribution is -2.19. The number of anilines is 1. The highest BCUT2D eigenvalue weighted by atomic mass is 32.2. The molecule has 3 heterocycles. The minimum Gasteiger partial charge on any atom is -0.462 e. The van der Waals surface area contributed by atoms with Crippen LogP contribution in [0.25, 0.3) is 5.95 Å². The van der Waals surface area contributed by atoms with E-state index in [2.05, 4.69) is 20.6 Å². The molecule has 3 aromatic heterocycles. The Hall–Kier alpha value is -2.86. The largest absolute Gasteiger partial charge is 0.462 e. The Labute approximate surface area is 187 Å². The van der Waals surface area contributed by atoms with Gasteiger partial charge in [0.25, 0.3) is 5.95 Å². The molecule has 1 aliphatic carbocycles. The quantitative estimate of drug-likeness (QED) is 0.311. The molecule has 1 amide bonds. The zero-order chi connectivity index (χ0) is 22.1. The fourth-order valence-electron chi connectivity index (χ4n) is 3.55. The van der Waals surface area contributed by atoms with E-state index >= 15 is 0 Å². The van der Waals surface area contributed by atoms with E-state index in [9.17, 15) is 9.59 Å². The molecule has 12 heteroatoms. The van der Waals surface area contributed by atoms with Gasteiger partial charge in [0.05, 0.1) is 23.6 Å². The molecule has 0 bridgehead atoms. The van der Waals surface area contributed by atoms with E-state index in [1.54, 1.807) is 11.6 Å². The number of aryl methyl sites for hydroxylation is 3. The molecule has 4 rings (SSSR count). The second-order valence-corrected chi connectivity index (χ2v) is 9.16. The summed E-state index contributed by atoms with van der Waals surface area (Å²) in [4.78, 5) is 26.2. The molecule has 0 spiro atoms. The van der Waals surface area contributed by atoms with Gasteiger partial charge in [0.1, 0.15) is 5.00 Å². The maximum atomic E-state index is 12.6. The SMILES string of the molecule is CCOC(=O)c1c(NC(=O)CSc2nnc(-n3nc(C)cc3C)n2N)sc2c1CCC2. The molecule has 0 atom stereocenters. The molecule has 3 aromatic rings. The lowest BCUT2D eigenvalue weighted by molar-refractivity contribution is -0.113. The van der Waals surface area contributed by atoms with E-state index < -0.39 is 0 Å². The van der Waals surface area contributed by atoms with Crippen LogP contribution in [0.3, 0.4) is 0 Å². The van der Waals surface area contributed by atoms with Crippen molar-refractivity contribution in [2.75, 3.05) is 23.5 Å². The summed E-state index contributed by atoms with van der Waals surface area (Å²) in [6, 6.07) is 1.91. The van der Waals surface area contributed by atoms with Crippen molar-refractivity contribution in [1.29, 1.82) is 0 Å². The van der Waals surface area contributed by atoms with Crippen molar-refractivity contribution in [1.82, 2.24) is 24.7 Å². The minimum absolute atomic E-state index is 0.0667. The van der Waals surface area contributed by atoms with E-state index in [4.69, 9.17) is 10.6 Å². The lowest BCUT2D eigenvalue weighted by atomic mass is 10.1. The van der Waals surface area contributed by atoms with Crippen molar-refractivity contribution >= 4 is 40.0 Å². The number of nitrogens with one attached hydrogen (secondary N) is 1. The first kappa shape index (κ1) is 21.4. The highest BCUT2D eigenvalue weighted by Gasteiger charge is 2.28. The molecule has 0 fully saturated rings.